The second-order valence-electron chi connectivity index (χ2n) is 3.74. The van der Waals surface area contributed by atoms with Gasteiger partial charge in [-0.05, 0) is 12.2 Å². The number of carbonyl (C=O) groups is 4. The van der Waals surface area contributed by atoms with Crippen LogP contribution in [-0.4, -0.2) is 47.3 Å². The molecule has 0 saturated carbocycles. The van der Waals surface area contributed by atoms with Gasteiger partial charge in [-0.25, -0.2) is 0 Å². The number of aliphatic carboxylic acids is 2. The molecule has 0 heterocycles. The van der Waals surface area contributed by atoms with Gasteiger partial charge in [0, 0.05) is 11.5 Å². The average molecular weight is 392 g/mol. The number of nitrogens with one attached hydrogen (secondary N) is 2. The van der Waals surface area contributed by atoms with Crippen LogP contribution >= 0.6 is 21.6 Å². The normalized spacial score (nSPS) is 11.5. The van der Waals surface area contributed by atoms with Crippen molar-refractivity contribution in [1.29, 1.82) is 0 Å². The van der Waals surface area contributed by atoms with Crippen molar-refractivity contribution in [2.24, 2.45) is 0 Å². The number of carboxylic acid groups (broad SMARTS) is 2. The molecule has 2 amide bonds. The summed E-state index contributed by atoms with van der Waals surface area (Å²) in [6.45, 7) is 6.38. The Hall–Kier alpha value is 0.0600. The van der Waals surface area contributed by atoms with Gasteiger partial charge < -0.3 is 30.4 Å². The van der Waals surface area contributed by atoms with E-state index < -0.39 is 35.8 Å². The largest absolute Gasteiger partial charge is 1.00 e. The zero-order chi connectivity index (χ0) is 17.1. The van der Waals surface area contributed by atoms with Crippen LogP contribution in [0.4, 0.5) is 0 Å². The topological polar surface area (TPSA) is 138 Å². The second kappa shape index (κ2) is 16.5. The van der Waals surface area contributed by atoms with Crippen LogP contribution < -0.4 is 80.0 Å². The van der Waals surface area contributed by atoms with Crippen LogP contribution in [0.2, 0.25) is 0 Å². The molecule has 0 aliphatic heterocycles. The minimum Gasteiger partial charge on any atom is -0.548 e. The first kappa shape index (κ1) is 28.8. The maximum atomic E-state index is 11.0. The second-order valence-corrected chi connectivity index (χ2v) is 6.29. The minimum absolute atomic E-state index is 0. The maximum Gasteiger partial charge on any atom is 1.00 e. The summed E-state index contributed by atoms with van der Waals surface area (Å²) in [6.07, 6.45) is 1.84. The molecule has 0 aromatic carbocycles. The molecule has 2 N–H and O–H groups in total. The van der Waals surface area contributed by atoms with Gasteiger partial charge in [0.15, 0.2) is 0 Å². The molecule has 0 rings (SSSR count). The molecule has 0 aliphatic rings. The predicted octanol–water partition coefficient (Wildman–Crippen LogP) is -8.78. The molecule has 0 aliphatic carbocycles. The monoisotopic (exact) mass is 392 g/mol. The van der Waals surface area contributed by atoms with Crippen LogP contribution in [0.1, 0.15) is 0 Å². The zero-order valence-electron chi connectivity index (χ0n) is 13.4. The quantitative estimate of drug-likeness (QED) is 0.153. The number of amides is 2. The van der Waals surface area contributed by atoms with E-state index in [9.17, 15) is 29.4 Å². The Morgan fingerprint density at radius 1 is 0.833 bits per heavy atom. The molecule has 12 heteroatoms. The summed E-state index contributed by atoms with van der Waals surface area (Å²) in [7, 11) is 2.00. The number of carbonyl (C=O) groups excluding carboxylic acids is 4. The van der Waals surface area contributed by atoms with Crippen molar-refractivity contribution in [2.75, 3.05) is 11.5 Å². The van der Waals surface area contributed by atoms with Gasteiger partial charge in [-0.1, -0.05) is 34.7 Å². The van der Waals surface area contributed by atoms with Gasteiger partial charge in [-0.15, -0.1) is 0 Å². The summed E-state index contributed by atoms with van der Waals surface area (Å²) < 4.78 is 0. The van der Waals surface area contributed by atoms with Crippen molar-refractivity contribution in [2.45, 2.75) is 12.1 Å². The van der Waals surface area contributed by atoms with E-state index in [4.69, 9.17) is 0 Å². The summed E-state index contributed by atoms with van der Waals surface area (Å²) >= 11 is 0. The molecule has 0 saturated heterocycles. The first-order chi connectivity index (χ1) is 10.3. The predicted molar refractivity (Wildman–Crippen MR) is 79.2 cm³/mol. The Morgan fingerprint density at radius 3 is 1.33 bits per heavy atom. The summed E-state index contributed by atoms with van der Waals surface area (Å²) in [4.78, 5) is 43.7. The maximum absolute atomic E-state index is 11.0. The third-order valence-electron chi connectivity index (χ3n) is 2.13. The first-order valence-electron chi connectivity index (χ1n) is 5.83. The van der Waals surface area contributed by atoms with Crippen LogP contribution in [-0.2, 0) is 19.2 Å². The summed E-state index contributed by atoms with van der Waals surface area (Å²) in [5.74, 6) is -4.38. The number of carboxylic acids is 2. The Balaban J connectivity index is -0.00000220. The molecule has 0 fully saturated rings. The van der Waals surface area contributed by atoms with E-state index in [1.807, 2.05) is 0 Å². The van der Waals surface area contributed by atoms with E-state index in [-0.39, 0.29) is 70.6 Å². The van der Waals surface area contributed by atoms with Gasteiger partial charge in [0.25, 0.3) is 0 Å². The fraction of sp³-hybridized carbons (Fsp3) is 0.333. The molecule has 0 radical (unpaired) electrons. The third kappa shape index (κ3) is 13.4. The summed E-state index contributed by atoms with van der Waals surface area (Å²) in [5.41, 5.74) is 0. The molecule has 0 spiro atoms. The molecular formula is C12H14N2Na2O6S2. The SMILES string of the molecule is C=CC(=O)NC(CSSCC(NC(=O)C=C)C(=O)[O-])C(=O)[O-].[Na+].[Na+]. The van der Waals surface area contributed by atoms with E-state index >= 15 is 0 Å². The van der Waals surface area contributed by atoms with Crippen molar-refractivity contribution in [3.63, 3.8) is 0 Å². The van der Waals surface area contributed by atoms with Gasteiger partial charge >= 0.3 is 59.1 Å². The van der Waals surface area contributed by atoms with Crippen LogP contribution in [0.15, 0.2) is 25.3 Å². The number of rotatable bonds is 11. The molecule has 0 aromatic heterocycles. The molecule has 24 heavy (non-hydrogen) atoms. The van der Waals surface area contributed by atoms with Crippen LogP contribution in [0.25, 0.3) is 0 Å². The number of hydrogen-bond acceptors (Lipinski definition) is 8. The van der Waals surface area contributed by atoms with E-state index in [0.29, 0.717) is 0 Å². The fourth-order valence-electron chi connectivity index (χ4n) is 1.03. The Morgan fingerprint density at radius 2 is 1.12 bits per heavy atom. The van der Waals surface area contributed by atoms with Crippen molar-refractivity contribution in [3.05, 3.63) is 25.3 Å². The summed E-state index contributed by atoms with van der Waals surface area (Å²) in [5, 5.41) is 25.9. The van der Waals surface area contributed by atoms with Gasteiger partial charge in [-0.2, -0.15) is 0 Å². The standard InChI is InChI=1S/C12H16N2O6S2.2Na/c1-3-9(15)13-7(11(17)18)5-21-22-6-8(12(19)20)14-10(16)4-2;;/h3-4,7-8H,1-2,5-6H2,(H,13,15)(H,14,16)(H,17,18)(H,19,20);;/q;2*+1/p-2. The average Bonchev–Trinajstić information content (AvgIpc) is 2.47. The smallest absolute Gasteiger partial charge is 0.548 e. The molecular weight excluding hydrogens is 378 g/mol. The van der Waals surface area contributed by atoms with Gasteiger partial charge in [0.2, 0.25) is 11.8 Å². The van der Waals surface area contributed by atoms with Gasteiger partial charge in [-0.3, -0.25) is 9.59 Å². The Kier molecular flexibility index (Phi) is 19.9. The van der Waals surface area contributed by atoms with Crippen LogP contribution in [0, 0.1) is 0 Å². The number of hydrogen-bond donors (Lipinski definition) is 2. The Bertz CT molecular complexity index is 436. The van der Waals surface area contributed by atoms with Crippen LogP contribution in [0.5, 0.6) is 0 Å². The van der Waals surface area contributed by atoms with Crippen LogP contribution in [0.3, 0.4) is 0 Å². The van der Waals surface area contributed by atoms with Gasteiger partial charge in [0.1, 0.15) is 0 Å². The molecule has 122 valence electrons. The molecule has 0 aromatic rings. The molecule has 2 unspecified atom stereocenters. The molecule has 0 bridgehead atoms. The van der Waals surface area contributed by atoms with E-state index in [1.165, 1.54) is 0 Å². The van der Waals surface area contributed by atoms with E-state index in [2.05, 4.69) is 23.8 Å². The van der Waals surface area contributed by atoms with Gasteiger partial charge in [0.05, 0.1) is 24.0 Å². The molecule has 8 nitrogen and oxygen atoms in total. The van der Waals surface area contributed by atoms with Crippen molar-refractivity contribution in [3.8, 4) is 0 Å². The zero-order valence-corrected chi connectivity index (χ0v) is 19.0. The van der Waals surface area contributed by atoms with Crippen molar-refractivity contribution < 1.29 is 88.5 Å². The fourth-order valence-corrected chi connectivity index (χ4v) is 3.33. The minimum atomic E-state index is -1.47. The Labute approximate surface area is 191 Å². The molecule has 2 atom stereocenters. The van der Waals surface area contributed by atoms with Crippen molar-refractivity contribution >= 4 is 45.3 Å². The van der Waals surface area contributed by atoms with E-state index in [0.717, 1.165) is 33.7 Å². The van der Waals surface area contributed by atoms with Crippen molar-refractivity contribution in [1.82, 2.24) is 10.6 Å². The summed E-state index contributed by atoms with van der Waals surface area (Å²) in [6, 6.07) is -2.49. The van der Waals surface area contributed by atoms with E-state index in [1.54, 1.807) is 0 Å². The third-order valence-corrected chi connectivity index (χ3v) is 4.55. The first-order valence-corrected chi connectivity index (χ1v) is 8.32.